The standard InChI is InChI=1S/C22H22N2O6S/c1-14-10-17-11-16(6-9-20(17)29-14)21-12-18(23-30-21)13-28-22(25)15-4-7-19(8-5-15)31(26,27)24(2)3/h4-9,11-12,14H,10,13H2,1-3H3. The summed E-state index contributed by atoms with van der Waals surface area (Å²) in [7, 11) is -0.664. The molecule has 31 heavy (non-hydrogen) atoms. The minimum absolute atomic E-state index is 0.0643. The highest BCUT2D eigenvalue weighted by Crippen LogP contribution is 2.33. The summed E-state index contributed by atoms with van der Waals surface area (Å²) >= 11 is 0. The molecule has 0 aliphatic carbocycles. The Morgan fingerprint density at radius 1 is 1.16 bits per heavy atom. The molecule has 0 amide bonds. The van der Waals surface area contributed by atoms with E-state index in [4.69, 9.17) is 14.0 Å². The lowest BCUT2D eigenvalue weighted by atomic mass is 10.1. The third-order valence-electron chi connectivity index (χ3n) is 4.96. The van der Waals surface area contributed by atoms with Gasteiger partial charge >= 0.3 is 5.97 Å². The first-order valence-electron chi connectivity index (χ1n) is 9.69. The summed E-state index contributed by atoms with van der Waals surface area (Å²) in [5.41, 5.74) is 2.71. The number of carbonyl (C=O) groups is 1. The lowest BCUT2D eigenvalue weighted by molar-refractivity contribution is 0.0464. The molecule has 0 fully saturated rings. The van der Waals surface area contributed by atoms with Gasteiger partial charge in [-0.3, -0.25) is 0 Å². The van der Waals surface area contributed by atoms with Gasteiger partial charge in [0, 0.05) is 32.1 Å². The molecule has 162 valence electrons. The van der Waals surface area contributed by atoms with E-state index < -0.39 is 16.0 Å². The maximum atomic E-state index is 12.3. The number of carbonyl (C=O) groups excluding carboxylic acids is 1. The molecular formula is C22H22N2O6S. The Balaban J connectivity index is 1.40. The molecule has 4 rings (SSSR count). The number of ether oxygens (including phenoxy) is 2. The smallest absolute Gasteiger partial charge is 0.338 e. The Labute approximate surface area is 180 Å². The van der Waals surface area contributed by atoms with Gasteiger partial charge in [0.2, 0.25) is 10.0 Å². The van der Waals surface area contributed by atoms with Crippen LogP contribution in [0.5, 0.6) is 5.75 Å². The van der Waals surface area contributed by atoms with Gasteiger partial charge in [-0.05, 0) is 55.0 Å². The van der Waals surface area contributed by atoms with E-state index in [9.17, 15) is 13.2 Å². The molecule has 1 unspecified atom stereocenters. The van der Waals surface area contributed by atoms with Gasteiger partial charge in [0.1, 0.15) is 24.2 Å². The maximum absolute atomic E-state index is 12.3. The van der Waals surface area contributed by atoms with Gasteiger partial charge < -0.3 is 14.0 Å². The number of aromatic nitrogens is 1. The van der Waals surface area contributed by atoms with Crippen molar-refractivity contribution < 1.29 is 27.2 Å². The van der Waals surface area contributed by atoms with E-state index in [-0.39, 0.29) is 23.2 Å². The molecule has 1 aliphatic rings. The van der Waals surface area contributed by atoms with Crippen molar-refractivity contribution in [1.82, 2.24) is 9.46 Å². The first kappa shape index (κ1) is 21.1. The summed E-state index contributed by atoms with van der Waals surface area (Å²) in [5.74, 6) is 0.878. The minimum atomic E-state index is -3.55. The van der Waals surface area contributed by atoms with E-state index in [1.165, 1.54) is 38.4 Å². The SMILES string of the molecule is CC1Cc2cc(-c3cc(COC(=O)c4ccc(S(=O)(=O)N(C)C)cc4)no3)ccc2O1. The van der Waals surface area contributed by atoms with Crippen LogP contribution >= 0.6 is 0 Å². The van der Waals surface area contributed by atoms with Gasteiger partial charge in [-0.1, -0.05) is 5.16 Å². The Bertz CT molecular complexity index is 1220. The van der Waals surface area contributed by atoms with Crippen LogP contribution in [0.2, 0.25) is 0 Å². The Kier molecular flexibility index (Phi) is 5.55. The molecule has 3 aromatic rings. The van der Waals surface area contributed by atoms with Crippen LogP contribution in [0.3, 0.4) is 0 Å². The van der Waals surface area contributed by atoms with Crippen molar-refractivity contribution in [2.45, 2.75) is 31.0 Å². The Morgan fingerprint density at radius 2 is 1.90 bits per heavy atom. The lowest BCUT2D eigenvalue weighted by Gasteiger charge is -2.11. The highest BCUT2D eigenvalue weighted by Gasteiger charge is 2.21. The Hall–Kier alpha value is -3.17. The van der Waals surface area contributed by atoms with E-state index in [2.05, 4.69) is 5.16 Å². The summed E-state index contributed by atoms with van der Waals surface area (Å²) in [5, 5.41) is 3.96. The summed E-state index contributed by atoms with van der Waals surface area (Å²) in [6.07, 6.45) is 1.00. The molecule has 1 atom stereocenters. The van der Waals surface area contributed by atoms with Crippen LogP contribution in [0.25, 0.3) is 11.3 Å². The molecule has 2 aromatic carbocycles. The van der Waals surface area contributed by atoms with Crippen LogP contribution in [0.4, 0.5) is 0 Å². The number of hydrogen-bond donors (Lipinski definition) is 0. The molecule has 1 aliphatic heterocycles. The monoisotopic (exact) mass is 442 g/mol. The normalized spacial score (nSPS) is 15.5. The topological polar surface area (TPSA) is 98.9 Å². The number of fused-ring (bicyclic) bond motifs is 1. The number of benzene rings is 2. The number of nitrogens with zero attached hydrogens (tertiary/aromatic N) is 2. The van der Waals surface area contributed by atoms with E-state index in [0.29, 0.717) is 11.5 Å². The molecule has 8 nitrogen and oxygen atoms in total. The van der Waals surface area contributed by atoms with E-state index in [1.54, 1.807) is 6.07 Å². The summed E-state index contributed by atoms with van der Waals surface area (Å²) in [4.78, 5) is 12.4. The fraction of sp³-hybridized carbons (Fsp3) is 0.273. The van der Waals surface area contributed by atoms with Gasteiger partial charge in [-0.25, -0.2) is 17.5 Å². The highest BCUT2D eigenvalue weighted by atomic mass is 32.2. The number of sulfonamides is 1. The van der Waals surface area contributed by atoms with Crippen LogP contribution in [0.1, 0.15) is 28.5 Å². The van der Waals surface area contributed by atoms with Gasteiger partial charge in [0.05, 0.1) is 10.5 Å². The Morgan fingerprint density at radius 3 is 2.61 bits per heavy atom. The summed E-state index contributed by atoms with van der Waals surface area (Å²) < 4.78 is 41.7. The van der Waals surface area contributed by atoms with E-state index in [1.807, 2.05) is 25.1 Å². The fourth-order valence-electron chi connectivity index (χ4n) is 3.29. The highest BCUT2D eigenvalue weighted by molar-refractivity contribution is 7.89. The molecule has 1 aromatic heterocycles. The van der Waals surface area contributed by atoms with E-state index in [0.717, 1.165) is 27.6 Å². The average Bonchev–Trinajstić information content (AvgIpc) is 3.37. The largest absolute Gasteiger partial charge is 0.490 e. The summed E-state index contributed by atoms with van der Waals surface area (Å²) in [6.45, 7) is 1.96. The van der Waals surface area contributed by atoms with Crippen molar-refractivity contribution in [3.05, 3.63) is 65.4 Å². The zero-order valence-corrected chi connectivity index (χ0v) is 18.2. The molecule has 0 radical (unpaired) electrons. The van der Waals surface area contributed by atoms with Gasteiger partial charge in [0.15, 0.2) is 5.76 Å². The van der Waals surface area contributed by atoms with Crippen LogP contribution < -0.4 is 4.74 Å². The van der Waals surface area contributed by atoms with E-state index >= 15 is 0 Å². The maximum Gasteiger partial charge on any atom is 0.338 e. The molecule has 0 N–H and O–H groups in total. The van der Waals surface area contributed by atoms with Crippen molar-refractivity contribution >= 4 is 16.0 Å². The van der Waals surface area contributed by atoms with Crippen LogP contribution in [-0.4, -0.2) is 44.0 Å². The third-order valence-corrected chi connectivity index (χ3v) is 6.79. The van der Waals surface area contributed by atoms with Gasteiger partial charge in [-0.2, -0.15) is 0 Å². The molecule has 0 spiro atoms. The first-order chi connectivity index (χ1) is 14.7. The zero-order valence-electron chi connectivity index (χ0n) is 17.4. The van der Waals surface area contributed by atoms with Crippen molar-refractivity contribution in [2.75, 3.05) is 14.1 Å². The quantitative estimate of drug-likeness (QED) is 0.540. The number of esters is 1. The van der Waals surface area contributed by atoms with Crippen molar-refractivity contribution in [3.8, 4) is 17.1 Å². The van der Waals surface area contributed by atoms with Crippen molar-refractivity contribution in [2.24, 2.45) is 0 Å². The molecule has 0 saturated carbocycles. The molecule has 2 heterocycles. The van der Waals surface area contributed by atoms with Crippen molar-refractivity contribution in [1.29, 1.82) is 0 Å². The first-order valence-corrected chi connectivity index (χ1v) is 11.1. The molecule has 0 saturated heterocycles. The van der Waals surface area contributed by atoms with Crippen molar-refractivity contribution in [3.63, 3.8) is 0 Å². The summed E-state index contributed by atoms with van der Waals surface area (Å²) in [6, 6.07) is 13.1. The van der Waals surface area contributed by atoms with Crippen LogP contribution in [0, 0.1) is 0 Å². The molecule has 0 bridgehead atoms. The fourth-order valence-corrected chi connectivity index (χ4v) is 4.19. The third kappa shape index (κ3) is 4.33. The zero-order chi connectivity index (χ0) is 22.2. The number of rotatable bonds is 6. The number of hydrogen-bond acceptors (Lipinski definition) is 7. The molecular weight excluding hydrogens is 420 g/mol. The predicted molar refractivity (Wildman–Crippen MR) is 112 cm³/mol. The van der Waals surface area contributed by atoms with Gasteiger partial charge in [0.25, 0.3) is 0 Å². The predicted octanol–water partition coefficient (Wildman–Crippen LogP) is 3.27. The lowest BCUT2D eigenvalue weighted by Crippen LogP contribution is -2.22. The van der Waals surface area contributed by atoms with Gasteiger partial charge in [-0.15, -0.1) is 0 Å². The second-order valence-electron chi connectivity index (χ2n) is 7.53. The second-order valence-corrected chi connectivity index (χ2v) is 9.68. The van der Waals surface area contributed by atoms with Crippen LogP contribution in [0.15, 0.2) is 57.9 Å². The minimum Gasteiger partial charge on any atom is -0.490 e. The average molecular weight is 442 g/mol. The van der Waals surface area contributed by atoms with Crippen LogP contribution in [-0.2, 0) is 27.8 Å². The molecule has 9 heteroatoms. The second kappa shape index (κ2) is 8.16.